The third kappa shape index (κ3) is 5.53. The van der Waals surface area contributed by atoms with Crippen LogP contribution in [0.3, 0.4) is 0 Å². The number of aryl methyl sites for hydroxylation is 1. The maximum atomic E-state index is 3.61. The topological polar surface area (TPSA) is 12.0 Å². The van der Waals surface area contributed by atoms with Crippen molar-refractivity contribution in [3.8, 4) is 0 Å². The highest BCUT2D eigenvalue weighted by Crippen LogP contribution is 2.23. The van der Waals surface area contributed by atoms with Crippen molar-refractivity contribution in [3.05, 3.63) is 34.3 Å². The van der Waals surface area contributed by atoms with Crippen LogP contribution in [-0.2, 0) is 6.42 Å². The lowest BCUT2D eigenvalue weighted by atomic mass is 9.83. The molecule has 0 spiro atoms. The van der Waals surface area contributed by atoms with Gasteiger partial charge in [0.05, 0.1) is 0 Å². The van der Waals surface area contributed by atoms with Crippen molar-refractivity contribution in [2.75, 3.05) is 6.54 Å². The predicted octanol–water partition coefficient (Wildman–Crippen LogP) is 4.80. The molecule has 1 nitrogen and oxygen atoms in total. The molecule has 1 rings (SSSR count). The zero-order valence-electron chi connectivity index (χ0n) is 12.1. The first-order valence-electron chi connectivity index (χ1n) is 6.91. The van der Waals surface area contributed by atoms with Crippen LogP contribution in [-0.4, -0.2) is 12.6 Å². The van der Waals surface area contributed by atoms with Crippen molar-refractivity contribution in [3.63, 3.8) is 0 Å². The zero-order valence-corrected chi connectivity index (χ0v) is 13.7. The highest BCUT2D eigenvalue weighted by molar-refractivity contribution is 9.10. The lowest BCUT2D eigenvalue weighted by Gasteiger charge is -2.31. The summed E-state index contributed by atoms with van der Waals surface area (Å²) < 4.78 is 1.16. The molecule has 0 radical (unpaired) electrons. The molecule has 2 heteroatoms. The average Bonchev–Trinajstić information content (AvgIpc) is 2.29. The van der Waals surface area contributed by atoms with E-state index in [1.807, 2.05) is 0 Å². The first-order chi connectivity index (χ1) is 8.43. The number of halogens is 1. The van der Waals surface area contributed by atoms with Gasteiger partial charge >= 0.3 is 0 Å². The Hall–Kier alpha value is -0.340. The molecular weight excluding hydrogens is 286 g/mol. The van der Waals surface area contributed by atoms with Gasteiger partial charge in [-0.1, -0.05) is 55.8 Å². The van der Waals surface area contributed by atoms with Crippen molar-refractivity contribution < 1.29 is 0 Å². The van der Waals surface area contributed by atoms with Crippen LogP contribution in [0.4, 0.5) is 0 Å². The van der Waals surface area contributed by atoms with E-state index in [1.165, 1.54) is 24.8 Å². The van der Waals surface area contributed by atoms with Crippen molar-refractivity contribution >= 4 is 15.9 Å². The molecule has 0 saturated carbocycles. The first-order valence-corrected chi connectivity index (χ1v) is 7.70. The first kappa shape index (κ1) is 15.7. The third-order valence-corrected chi connectivity index (χ3v) is 3.90. The van der Waals surface area contributed by atoms with Gasteiger partial charge in [0.1, 0.15) is 0 Å². The fraction of sp³-hybridized carbons (Fsp3) is 0.625. The smallest absolute Gasteiger partial charge is 0.0175 e. The van der Waals surface area contributed by atoms with Crippen molar-refractivity contribution in [1.29, 1.82) is 0 Å². The summed E-state index contributed by atoms with van der Waals surface area (Å²) in [5.74, 6) is 0. The Morgan fingerprint density at radius 2 is 1.78 bits per heavy atom. The molecule has 1 aromatic carbocycles. The number of hydrogen-bond donors (Lipinski definition) is 1. The molecule has 1 unspecified atom stereocenters. The van der Waals surface area contributed by atoms with Crippen LogP contribution in [0.2, 0.25) is 0 Å². The molecule has 1 atom stereocenters. The van der Waals surface area contributed by atoms with E-state index in [0.717, 1.165) is 11.0 Å². The molecule has 1 aromatic rings. The van der Waals surface area contributed by atoms with Gasteiger partial charge in [-0.15, -0.1) is 0 Å². The molecule has 0 aliphatic rings. The Morgan fingerprint density at radius 3 is 2.28 bits per heavy atom. The summed E-state index contributed by atoms with van der Waals surface area (Å²) in [7, 11) is 0. The summed E-state index contributed by atoms with van der Waals surface area (Å²) in [6.07, 6.45) is 3.66. The summed E-state index contributed by atoms with van der Waals surface area (Å²) in [6, 6.07) is 9.28. The van der Waals surface area contributed by atoms with E-state index >= 15 is 0 Å². The number of benzene rings is 1. The number of nitrogens with one attached hydrogen (secondary N) is 1. The summed E-state index contributed by atoms with van der Waals surface area (Å²) in [5.41, 5.74) is 1.78. The summed E-state index contributed by atoms with van der Waals surface area (Å²) in [5, 5.41) is 3.61. The third-order valence-electron chi connectivity index (χ3n) is 3.37. The minimum absolute atomic E-state index is 0.343. The predicted molar refractivity (Wildman–Crippen MR) is 84.0 cm³/mol. The molecule has 0 aromatic heterocycles. The normalized spacial score (nSPS) is 13.6. The summed E-state index contributed by atoms with van der Waals surface area (Å²) >= 11 is 3.47. The minimum atomic E-state index is 0.343. The van der Waals surface area contributed by atoms with Gasteiger partial charge in [-0.05, 0) is 48.9 Å². The molecule has 18 heavy (non-hydrogen) atoms. The van der Waals surface area contributed by atoms with Crippen LogP contribution in [0.1, 0.15) is 46.1 Å². The van der Waals surface area contributed by atoms with E-state index in [9.17, 15) is 0 Å². The van der Waals surface area contributed by atoms with E-state index in [1.54, 1.807) is 0 Å². The number of hydrogen-bond acceptors (Lipinski definition) is 1. The van der Waals surface area contributed by atoms with Crippen LogP contribution < -0.4 is 5.32 Å². The second-order valence-electron chi connectivity index (χ2n) is 5.99. The van der Waals surface area contributed by atoms with Crippen LogP contribution in [0, 0.1) is 5.41 Å². The molecule has 0 bridgehead atoms. The van der Waals surface area contributed by atoms with Crippen LogP contribution in [0.5, 0.6) is 0 Å². The highest BCUT2D eigenvalue weighted by Gasteiger charge is 2.22. The van der Waals surface area contributed by atoms with Gasteiger partial charge in [-0.2, -0.15) is 0 Å². The Morgan fingerprint density at radius 1 is 1.17 bits per heavy atom. The summed E-state index contributed by atoms with van der Waals surface area (Å²) in [6.45, 7) is 10.2. The van der Waals surface area contributed by atoms with Gasteiger partial charge in [-0.25, -0.2) is 0 Å². The van der Waals surface area contributed by atoms with Gasteiger partial charge in [0.25, 0.3) is 0 Å². The summed E-state index contributed by atoms with van der Waals surface area (Å²) in [4.78, 5) is 0. The molecule has 0 aliphatic heterocycles. The van der Waals surface area contributed by atoms with E-state index < -0.39 is 0 Å². The molecular formula is C16H26BrN. The van der Waals surface area contributed by atoms with E-state index in [4.69, 9.17) is 0 Å². The number of rotatable bonds is 6. The lowest BCUT2D eigenvalue weighted by Crippen LogP contribution is -2.40. The monoisotopic (exact) mass is 311 g/mol. The van der Waals surface area contributed by atoms with Crippen molar-refractivity contribution in [2.24, 2.45) is 5.41 Å². The largest absolute Gasteiger partial charge is 0.314 e. The molecule has 102 valence electrons. The fourth-order valence-corrected chi connectivity index (χ4v) is 2.51. The van der Waals surface area contributed by atoms with E-state index in [2.05, 4.69) is 73.2 Å². The van der Waals surface area contributed by atoms with Crippen molar-refractivity contribution in [2.45, 2.75) is 53.0 Å². The molecule has 0 heterocycles. The van der Waals surface area contributed by atoms with Gasteiger partial charge < -0.3 is 5.32 Å². The van der Waals surface area contributed by atoms with Gasteiger partial charge in [0.2, 0.25) is 0 Å². The Bertz CT molecular complexity index is 337. The van der Waals surface area contributed by atoms with Crippen molar-refractivity contribution in [1.82, 2.24) is 5.32 Å². The van der Waals surface area contributed by atoms with Crippen LogP contribution in [0.25, 0.3) is 0 Å². The van der Waals surface area contributed by atoms with Crippen LogP contribution in [0.15, 0.2) is 28.7 Å². The zero-order chi connectivity index (χ0) is 13.6. The fourth-order valence-electron chi connectivity index (χ4n) is 2.25. The molecule has 0 fully saturated rings. The van der Waals surface area contributed by atoms with E-state index in [-0.39, 0.29) is 0 Å². The van der Waals surface area contributed by atoms with Gasteiger partial charge in [0, 0.05) is 10.5 Å². The maximum absolute atomic E-state index is 3.61. The van der Waals surface area contributed by atoms with E-state index in [0.29, 0.717) is 11.5 Å². The van der Waals surface area contributed by atoms with Crippen LogP contribution >= 0.6 is 15.9 Å². The Labute approximate surface area is 120 Å². The second kappa shape index (κ2) is 7.30. The van der Waals surface area contributed by atoms with Gasteiger partial charge in [-0.3, -0.25) is 0 Å². The minimum Gasteiger partial charge on any atom is -0.314 e. The second-order valence-corrected chi connectivity index (χ2v) is 6.91. The van der Waals surface area contributed by atoms with Gasteiger partial charge in [0.15, 0.2) is 0 Å². The average molecular weight is 312 g/mol. The standard InChI is InChI=1S/C16H26BrN/c1-5-18-15(16(2,3)4)8-6-7-13-9-11-14(17)12-10-13/h9-12,15,18H,5-8H2,1-4H3. The highest BCUT2D eigenvalue weighted by atomic mass is 79.9. The maximum Gasteiger partial charge on any atom is 0.0175 e. The molecule has 0 amide bonds. The molecule has 1 N–H and O–H groups in total. The molecule has 0 saturated heterocycles. The SMILES string of the molecule is CCNC(CCCc1ccc(Br)cc1)C(C)(C)C. The lowest BCUT2D eigenvalue weighted by molar-refractivity contribution is 0.254. The Kier molecular flexibility index (Phi) is 6.37. The molecule has 0 aliphatic carbocycles. The Balaban J connectivity index is 2.41. The quantitative estimate of drug-likeness (QED) is 0.796.